The number of carbonyl (C=O) groups excluding carboxylic acids is 1. The number of carboxylic acid groups (broad SMARTS) is 1. The Morgan fingerprint density at radius 2 is 1.95 bits per heavy atom. The van der Waals surface area contributed by atoms with E-state index in [1.54, 1.807) is 6.07 Å². The molecule has 0 unspecified atom stereocenters. The Hall–Kier alpha value is -1.36. The van der Waals surface area contributed by atoms with Crippen LogP contribution in [0.4, 0.5) is 5.00 Å². The molecule has 1 aromatic rings. The fourth-order valence-electron chi connectivity index (χ4n) is 2.77. The molecule has 1 aromatic heterocycles. The molecule has 1 aliphatic rings. The van der Waals surface area contributed by atoms with Gasteiger partial charge in [0.2, 0.25) is 5.91 Å². The third-order valence-electron chi connectivity index (χ3n) is 3.79. The molecule has 1 fully saturated rings. The van der Waals surface area contributed by atoms with Crippen molar-refractivity contribution in [3.8, 4) is 0 Å². The molecule has 0 atom stereocenters. The Balaban J connectivity index is 1.95. The van der Waals surface area contributed by atoms with Crippen LogP contribution in [0.3, 0.4) is 0 Å². The van der Waals surface area contributed by atoms with Crippen LogP contribution in [0, 0.1) is 12.8 Å². The van der Waals surface area contributed by atoms with Crippen LogP contribution in [-0.4, -0.2) is 17.0 Å². The summed E-state index contributed by atoms with van der Waals surface area (Å²) in [4.78, 5) is 24.1. The highest BCUT2D eigenvalue weighted by Crippen LogP contribution is 2.29. The van der Waals surface area contributed by atoms with Gasteiger partial charge in [-0.25, -0.2) is 4.79 Å². The van der Waals surface area contributed by atoms with Crippen LogP contribution in [0.5, 0.6) is 0 Å². The molecule has 4 nitrogen and oxygen atoms in total. The Morgan fingerprint density at radius 3 is 2.55 bits per heavy atom. The standard InChI is InChI=1S/C15H21NO3S/c1-10-8-12(15(18)19)14(20-10)16-13(17)9-11-6-4-2-3-5-7-11/h8,11H,2-7,9H2,1H3,(H,16,17)(H,18,19). The lowest BCUT2D eigenvalue weighted by molar-refractivity contribution is -0.117. The highest BCUT2D eigenvalue weighted by molar-refractivity contribution is 7.16. The molecule has 2 N–H and O–H groups in total. The number of hydrogen-bond acceptors (Lipinski definition) is 3. The van der Waals surface area contributed by atoms with E-state index in [2.05, 4.69) is 5.32 Å². The first-order valence-electron chi connectivity index (χ1n) is 7.20. The summed E-state index contributed by atoms with van der Waals surface area (Å²) in [6.07, 6.45) is 7.69. The van der Waals surface area contributed by atoms with Gasteiger partial charge in [0.25, 0.3) is 0 Å². The first-order chi connectivity index (χ1) is 9.56. The molecule has 110 valence electrons. The molecule has 0 radical (unpaired) electrons. The van der Waals surface area contributed by atoms with E-state index in [9.17, 15) is 9.59 Å². The fourth-order valence-corrected chi connectivity index (χ4v) is 3.69. The van der Waals surface area contributed by atoms with E-state index in [1.807, 2.05) is 6.92 Å². The van der Waals surface area contributed by atoms with Crippen molar-refractivity contribution >= 4 is 28.2 Å². The maximum absolute atomic E-state index is 12.1. The molecule has 1 aliphatic carbocycles. The smallest absolute Gasteiger partial charge is 0.338 e. The Kier molecular flexibility index (Phi) is 5.17. The summed E-state index contributed by atoms with van der Waals surface area (Å²) in [7, 11) is 0. The predicted molar refractivity (Wildman–Crippen MR) is 80.5 cm³/mol. The largest absolute Gasteiger partial charge is 0.478 e. The maximum Gasteiger partial charge on any atom is 0.338 e. The molecule has 0 bridgehead atoms. The van der Waals surface area contributed by atoms with Crippen molar-refractivity contribution in [1.29, 1.82) is 0 Å². The lowest BCUT2D eigenvalue weighted by atomic mass is 9.96. The number of anilines is 1. The SMILES string of the molecule is Cc1cc(C(=O)O)c(NC(=O)CC2CCCCCC2)s1. The van der Waals surface area contributed by atoms with Crippen LogP contribution in [0.25, 0.3) is 0 Å². The molecular formula is C15H21NO3S. The van der Waals surface area contributed by atoms with Crippen molar-refractivity contribution in [2.45, 2.75) is 51.9 Å². The minimum atomic E-state index is -0.987. The number of amides is 1. The van der Waals surface area contributed by atoms with Gasteiger partial charge in [-0.2, -0.15) is 0 Å². The number of carboxylic acids is 1. The predicted octanol–water partition coefficient (Wildman–Crippen LogP) is 4.05. The molecule has 0 aromatic carbocycles. The van der Waals surface area contributed by atoms with E-state index in [1.165, 1.54) is 37.0 Å². The third kappa shape index (κ3) is 4.07. The summed E-state index contributed by atoms with van der Waals surface area (Å²) < 4.78 is 0. The number of aromatic carboxylic acids is 1. The maximum atomic E-state index is 12.1. The van der Waals surface area contributed by atoms with Crippen molar-refractivity contribution in [3.05, 3.63) is 16.5 Å². The van der Waals surface area contributed by atoms with E-state index in [4.69, 9.17) is 5.11 Å². The highest BCUT2D eigenvalue weighted by atomic mass is 32.1. The molecule has 0 saturated heterocycles. The topological polar surface area (TPSA) is 66.4 Å². The molecule has 1 heterocycles. The Morgan fingerprint density at radius 1 is 1.30 bits per heavy atom. The minimum Gasteiger partial charge on any atom is -0.478 e. The second-order valence-electron chi connectivity index (χ2n) is 5.51. The Bertz CT molecular complexity index is 487. The molecule has 0 aliphatic heterocycles. The van der Waals surface area contributed by atoms with Gasteiger partial charge in [0.1, 0.15) is 5.00 Å². The zero-order chi connectivity index (χ0) is 14.5. The number of nitrogens with one attached hydrogen (secondary N) is 1. The van der Waals surface area contributed by atoms with Crippen molar-refractivity contribution in [2.75, 3.05) is 5.32 Å². The van der Waals surface area contributed by atoms with Gasteiger partial charge in [0, 0.05) is 11.3 Å². The van der Waals surface area contributed by atoms with Crippen LogP contribution >= 0.6 is 11.3 Å². The minimum absolute atomic E-state index is 0.0544. The lowest BCUT2D eigenvalue weighted by Gasteiger charge is -2.13. The molecule has 1 saturated carbocycles. The van der Waals surface area contributed by atoms with Gasteiger partial charge in [0.05, 0.1) is 5.56 Å². The average Bonchev–Trinajstić information content (AvgIpc) is 2.59. The van der Waals surface area contributed by atoms with Crippen molar-refractivity contribution in [1.82, 2.24) is 0 Å². The first-order valence-corrected chi connectivity index (χ1v) is 8.01. The summed E-state index contributed by atoms with van der Waals surface area (Å²) >= 11 is 1.32. The van der Waals surface area contributed by atoms with Crippen molar-refractivity contribution in [2.24, 2.45) is 5.92 Å². The number of hydrogen-bond donors (Lipinski definition) is 2. The fraction of sp³-hybridized carbons (Fsp3) is 0.600. The van der Waals surface area contributed by atoms with Crippen LogP contribution in [-0.2, 0) is 4.79 Å². The summed E-state index contributed by atoms with van der Waals surface area (Å²) in [6, 6.07) is 1.61. The van der Waals surface area contributed by atoms with Gasteiger partial charge < -0.3 is 10.4 Å². The van der Waals surface area contributed by atoms with Gasteiger partial charge >= 0.3 is 5.97 Å². The van der Waals surface area contributed by atoms with Crippen molar-refractivity contribution in [3.63, 3.8) is 0 Å². The molecule has 2 rings (SSSR count). The Labute approximate surface area is 123 Å². The number of thiophene rings is 1. The quantitative estimate of drug-likeness (QED) is 0.823. The first kappa shape index (κ1) is 15.0. The molecular weight excluding hydrogens is 274 g/mol. The summed E-state index contributed by atoms with van der Waals surface area (Å²) in [5.74, 6) is -0.591. The van der Waals surface area contributed by atoms with Gasteiger partial charge in [-0.05, 0) is 31.7 Å². The summed E-state index contributed by atoms with van der Waals surface area (Å²) in [5.41, 5.74) is 0.196. The second kappa shape index (κ2) is 6.88. The van der Waals surface area contributed by atoms with Crippen molar-refractivity contribution < 1.29 is 14.7 Å². The molecule has 5 heteroatoms. The van der Waals surface area contributed by atoms with Crippen LogP contribution in [0.2, 0.25) is 0 Å². The van der Waals surface area contributed by atoms with Gasteiger partial charge in [0.15, 0.2) is 0 Å². The van der Waals surface area contributed by atoms with E-state index in [0.29, 0.717) is 17.3 Å². The van der Waals surface area contributed by atoms with Crippen LogP contribution in [0.1, 0.15) is 60.2 Å². The van der Waals surface area contributed by atoms with Gasteiger partial charge in [-0.3, -0.25) is 4.79 Å². The number of rotatable bonds is 4. The lowest BCUT2D eigenvalue weighted by Crippen LogP contribution is -2.17. The van der Waals surface area contributed by atoms with Crippen LogP contribution < -0.4 is 5.32 Å². The van der Waals surface area contributed by atoms with Gasteiger partial charge in [-0.15, -0.1) is 11.3 Å². The van der Waals surface area contributed by atoms with Crippen LogP contribution in [0.15, 0.2) is 6.07 Å². The zero-order valence-corrected chi connectivity index (χ0v) is 12.6. The summed E-state index contributed by atoms with van der Waals surface area (Å²) in [6.45, 7) is 1.85. The molecule has 0 spiro atoms. The normalized spacial score (nSPS) is 16.6. The van der Waals surface area contributed by atoms with E-state index in [-0.39, 0.29) is 11.5 Å². The zero-order valence-electron chi connectivity index (χ0n) is 11.8. The third-order valence-corrected chi connectivity index (χ3v) is 4.75. The summed E-state index contributed by atoms with van der Waals surface area (Å²) in [5, 5.41) is 12.4. The number of aryl methyl sites for hydroxylation is 1. The number of carbonyl (C=O) groups is 2. The highest BCUT2D eigenvalue weighted by Gasteiger charge is 2.19. The average molecular weight is 295 g/mol. The van der Waals surface area contributed by atoms with E-state index in [0.717, 1.165) is 17.7 Å². The van der Waals surface area contributed by atoms with Gasteiger partial charge in [-0.1, -0.05) is 25.7 Å². The molecule has 1 amide bonds. The van der Waals surface area contributed by atoms with E-state index >= 15 is 0 Å². The monoisotopic (exact) mass is 295 g/mol. The second-order valence-corrected chi connectivity index (χ2v) is 6.77. The molecule has 20 heavy (non-hydrogen) atoms. The van der Waals surface area contributed by atoms with E-state index < -0.39 is 5.97 Å².